The molecule has 6 atom stereocenters. The monoisotopic (exact) mass is 818 g/mol. The summed E-state index contributed by atoms with van der Waals surface area (Å²) in [7, 11) is 0. The first-order valence-corrected chi connectivity index (χ1v) is 19.1. The molecule has 0 bridgehead atoms. The molecule has 0 aliphatic carbocycles. The van der Waals surface area contributed by atoms with E-state index < -0.39 is 108 Å². The number of phenols is 1. The van der Waals surface area contributed by atoms with Crippen LogP contribution in [0.1, 0.15) is 52.2 Å². The number of hydrogen-bond acceptors (Lipinski definition) is 10. The van der Waals surface area contributed by atoms with Gasteiger partial charge in [0.15, 0.2) is 0 Å². The number of rotatable bonds is 21. The van der Waals surface area contributed by atoms with Gasteiger partial charge in [-0.1, -0.05) is 82.3 Å². The fourth-order valence-electron chi connectivity index (χ4n) is 6.07. The van der Waals surface area contributed by atoms with Gasteiger partial charge in [-0.2, -0.15) is 0 Å². The van der Waals surface area contributed by atoms with Crippen molar-refractivity contribution >= 4 is 58.1 Å². The van der Waals surface area contributed by atoms with Gasteiger partial charge in [0, 0.05) is 6.42 Å². The van der Waals surface area contributed by atoms with E-state index in [1.54, 1.807) is 58.0 Å². The second-order valence-electron chi connectivity index (χ2n) is 14.9. The van der Waals surface area contributed by atoms with Crippen LogP contribution < -0.4 is 43.4 Å². The first-order valence-electron chi connectivity index (χ1n) is 19.1. The molecular formula is C41H54N8O10. The van der Waals surface area contributed by atoms with Crippen LogP contribution in [0.2, 0.25) is 0 Å². The predicted molar refractivity (Wildman–Crippen MR) is 217 cm³/mol. The van der Waals surface area contributed by atoms with Gasteiger partial charge in [-0.25, -0.2) is 0 Å². The Labute approximate surface area is 341 Å². The van der Waals surface area contributed by atoms with E-state index in [2.05, 4.69) is 31.9 Å². The molecule has 0 unspecified atom stereocenters. The Morgan fingerprint density at radius 1 is 0.610 bits per heavy atom. The Morgan fingerprint density at radius 2 is 1.17 bits per heavy atom. The molecule has 3 rings (SSSR count). The number of aromatic hydroxyl groups is 1. The molecular weight excluding hydrogens is 764 g/mol. The number of fused-ring (bicyclic) bond motifs is 1. The van der Waals surface area contributed by atoms with Crippen LogP contribution in [0.25, 0.3) is 10.8 Å². The molecule has 18 nitrogen and oxygen atoms in total. The lowest BCUT2D eigenvalue weighted by Gasteiger charge is -2.29. The minimum absolute atomic E-state index is 0.0409. The van der Waals surface area contributed by atoms with Crippen LogP contribution >= 0.6 is 0 Å². The molecule has 3 aromatic carbocycles. The second kappa shape index (κ2) is 21.8. The van der Waals surface area contributed by atoms with Gasteiger partial charge in [-0.15, -0.1) is 0 Å². The number of nitrogens with two attached hydrogens (primary N) is 2. The number of carboxylic acid groups (broad SMARTS) is 1. The van der Waals surface area contributed by atoms with E-state index >= 15 is 0 Å². The van der Waals surface area contributed by atoms with Crippen LogP contribution in [0.3, 0.4) is 0 Å². The number of hydrogen-bond donors (Lipinski definition) is 10. The molecule has 0 fully saturated rings. The predicted octanol–water partition coefficient (Wildman–Crippen LogP) is -0.510. The van der Waals surface area contributed by atoms with Crippen LogP contribution in [-0.2, 0) is 51.2 Å². The molecule has 0 saturated heterocycles. The lowest BCUT2D eigenvalue weighted by atomic mass is 9.97. The van der Waals surface area contributed by atoms with Gasteiger partial charge in [0.05, 0.1) is 19.0 Å². The van der Waals surface area contributed by atoms with Crippen molar-refractivity contribution in [3.8, 4) is 5.75 Å². The largest absolute Gasteiger partial charge is 0.508 e. The first kappa shape index (κ1) is 46.8. The van der Waals surface area contributed by atoms with Crippen molar-refractivity contribution in [3.05, 3.63) is 77.9 Å². The molecule has 318 valence electrons. The fraction of sp³-hybridized carbons (Fsp3) is 0.415. The zero-order chi connectivity index (χ0) is 44.0. The van der Waals surface area contributed by atoms with E-state index in [0.717, 1.165) is 10.8 Å². The molecule has 0 aliphatic heterocycles. The highest BCUT2D eigenvalue weighted by Gasteiger charge is 2.35. The highest BCUT2D eigenvalue weighted by atomic mass is 16.4. The van der Waals surface area contributed by atoms with Crippen molar-refractivity contribution in [1.82, 2.24) is 31.9 Å². The van der Waals surface area contributed by atoms with Gasteiger partial charge in [0.2, 0.25) is 41.4 Å². The molecule has 0 spiro atoms. The Kier molecular flexibility index (Phi) is 17.3. The van der Waals surface area contributed by atoms with Crippen LogP contribution in [-0.4, -0.2) is 100 Å². The number of carboxylic acids is 1. The van der Waals surface area contributed by atoms with Crippen LogP contribution in [0.5, 0.6) is 5.75 Å². The van der Waals surface area contributed by atoms with E-state index in [1.807, 2.05) is 24.3 Å². The smallest absolute Gasteiger partial charge is 0.305 e. The number of benzene rings is 3. The normalized spacial score (nSPS) is 14.2. The van der Waals surface area contributed by atoms with Crippen molar-refractivity contribution < 1.29 is 48.6 Å². The third kappa shape index (κ3) is 14.4. The van der Waals surface area contributed by atoms with E-state index in [1.165, 1.54) is 19.1 Å². The molecule has 0 aromatic heterocycles. The van der Waals surface area contributed by atoms with Crippen LogP contribution in [0.4, 0.5) is 0 Å². The highest BCUT2D eigenvalue weighted by Crippen LogP contribution is 2.20. The van der Waals surface area contributed by atoms with Gasteiger partial charge >= 0.3 is 5.97 Å². The number of carbonyl (C=O) groups excluding carboxylic acids is 7. The zero-order valence-electron chi connectivity index (χ0n) is 33.6. The number of primary amides is 1. The van der Waals surface area contributed by atoms with Crippen molar-refractivity contribution in [2.24, 2.45) is 23.3 Å². The van der Waals surface area contributed by atoms with Crippen molar-refractivity contribution in [1.29, 1.82) is 0 Å². The SMILES string of the molecule is CC(C)[C@H](NC(=O)[C@H](CC(=O)O)NC(=O)[C@H](Cc1cccc2ccccc12)NC(=O)[C@@H](C)NC(=O)[C@@H](N)Cc1ccc(O)cc1)C(=O)N[C@H](C(=O)NCC(N)=O)C(C)C. The molecule has 0 aliphatic rings. The molecule has 7 amide bonds. The minimum atomic E-state index is -1.74. The Balaban J connectivity index is 1.84. The summed E-state index contributed by atoms with van der Waals surface area (Å²) in [5.41, 5.74) is 12.5. The summed E-state index contributed by atoms with van der Waals surface area (Å²) in [6, 6.07) is 10.9. The molecule has 59 heavy (non-hydrogen) atoms. The standard InChI is InChI=1S/C41H54N8O10/c1-21(2)34(40(58)44-20-32(43)51)49-41(59)35(22(3)4)48-39(57)31(19-33(52)53)47-38(56)30(18-26-11-8-10-25-9-6-7-12-28(25)26)46-36(54)23(5)45-37(55)29(42)17-24-13-15-27(50)16-14-24/h6-16,21-23,29-31,34-35,50H,17-20,42H2,1-5H3,(H2,43,51)(H,44,58)(H,45,55)(H,46,54)(H,47,56)(H,48,57)(H,49,59)(H,52,53)/t23-,29+,30+,31+,34+,35+/m1/s1. The van der Waals surface area contributed by atoms with E-state index in [9.17, 15) is 48.6 Å². The number of aliphatic carboxylic acids is 1. The quantitative estimate of drug-likeness (QED) is 0.0653. The third-order valence-electron chi connectivity index (χ3n) is 9.36. The van der Waals surface area contributed by atoms with Crippen LogP contribution in [0.15, 0.2) is 66.7 Å². The van der Waals surface area contributed by atoms with Gasteiger partial charge in [0.25, 0.3) is 0 Å². The molecule has 18 heteroatoms. The fourth-order valence-corrected chi connectivity index (χ4v) is 6.07. The zero-order valence-corrected chi connectivity index (χ0v) is 33.6. The second-order valence-corrected chi connectivity index (χ2v) is 14.9. The maximum atomic E-state index is 14.1. The minimum Gasteiger partial charge on any atom is -0.508 e. The summed E-state index contributed by atoms with van der Waals surface area (Å²) in [6.07, 6.45) is -0.926. The van der Waals surface area contributed by atoms with Gasteiger partial charge in [-0.3, -0.25) is 38.4 Å². The summed E-state index contributed by atoms with van der Waals surface area (Å²) < 4.78 is 0. The molecule has 12 N–H and O–H groups in total. The Morgan fingerprint density at radius 3 is 1.78 bits per heavy atom. The van der Waals surface area contributed by atoms with Gasteiger partial charge in [0.1, 0.15) is 36.0 Å². The number of carbonyl (C=O) groups is 8. The number of phenolic OH excluding ortho intramolecular Hbond substituents is 1. The molecule has 0 radical (unpaired) electrons. The van der Waals surface area contributed by atoms with Crippen molar-refractivity contribution in [2.45, 2.75) is 90.1 Å². The van der Waals surface area contributed by atoms with Gasteiger partial charge < -0.3 is 53.6 Å². The van der Waals surface area contributed by atoms with E-state index in [-0.39, 0.29) is 18.6 Å². The summed E-state index contributed by atoms with van der Waals surface area (Å²) in [6.45, 7) is 7.41. The Bertz CT molecular complexity index is 2000. The maximum absolute atomic E-state index is 14.1. The average molecular weight is 819 g/mol. The first-order chi connectivity index (χ1) is 27.8. The number of amides is 7. The molecule has 0 saturated carbocycles. The summed E-state index contributed by atoms with van der Waals surface area (Å²) >= 11 is 0. The van der Waals surface area contributed by atoms with Gasteiger partial charge in [-0.05, 0) is 59.2 Å². The van der Waals surface area contributed by atoms with E-state index in [4.69, 9.17) is 11.5 Å². The third-order valence-corrected chi connectivity index (χ3v) is 9.36. The highest BCUT2D eigenvalue weighted by molar-refractivity contribution is 5.98. The van der Waals surface area contributed by atoms with Crippen LogP contribution in [0, 0.1) is 11.8 Å². The number of nitrogens with one attached hydrogen (secondary N) is 6. The summed E-state index contributed by atoms with van der Waals surface area (Å²) in [4.78, 5) is 104. The lowest BCUT2D eigenvalue weighted by Crippen LogP contribution is -2.61. The lowest BCUT2D eigenvalue weighted by molar-refractivity contribution is -0.141. The molecule has 3 aromatic rings. The van der Waals surface area contributed by atoms with E-state index in [0.29, 0.717) is 11.1 Å². The summed E-state index contributed by atoms with van der Waals surface area (Å²) in [5, 5.41) is 35.9. The maximum Gasteiger partial charge on any atom is 0.305 e. The van der Waals surface area contributed by atoms with Crippen molar-refractivity contribution in [2.75, 3.05) is 6.54 Å². The Hall–Kier alpha value is -6.56. The summed E-state index contributed by atoms with van der Waals surface area (Å²) in [5.74, 6) is -8.17. The van der Waals surface area contributed by atoms with Crippen molar-refractivity contribution in [3.63, 3.8) is 0 Å². The average Bonchev–Trinajstić information content (AvgIpc) is 3.17. The molecule has 0 heterocycles. The topological polar surface area (TPSA) is 301 Å².